The summed E-state index contributed by atoms with van der Waals surface area (Å²) in [5, 5.41) is 23.6. The van der Waals surface area contributed by atoms with Crippen LogP contribution in [0.2, 0.25) is 0 Å². The monoisotopic (exact) mass is 339 g/mol. The maximum absolute atomic E-state index is 12.4. The Morgan fingerprint density at radius 1 is 1.28 bits per heavy atom. The van der Waals surface area contributed by atoms with Crippen molar-refractivity contribution in [3.63, 3.8) is 0 Å². The third-order valence-electron chi connectivity index (χ3n) is 4.32. The van der Waals surface area contributed by atoms with E-state index >= 15 is 0 Å². The number of aryl methyl sites for hydroxylation is 2. The van der Waals surface area contributed by atoms with Gasteiger partial charge in [-0.1, -0.05) is 24.3 Å². The number of aliphatic hydroxyl groups is 1. The summed E-state index contributed by atoms with van der Waals surface area (Å²) in [5.41, 5.74) is 5.57. The molecule has 1 aromatic carbocycles. The minimum absolute atomic E-state index is 0.0557. The first-order valence-electron chi connectivity index (χ1n) is 8.03. The highest BCUT2D eigenvalue weighted by Crippen LogP contribution is 2.25. The number of hydrogen-bond acceptors (Lipinski definition) is 4. The van der Waals surface area contributed by atoms with Gasteiger partial charge >= 0.3 is 0 Å². The average molecular weight is 339 g/mol. The molecule has 25 heavy (non-hydrogen) atoms. The Bertz CT molecular complexity index is 910. The van der Waals surface area contributed by atoms with E-state index in [1.54, 1.807) is 10.7 Å². The molecule has 0 aliphatic rings. The molecular formula is C18H21N5O2. The molecule has 0 saturated carbocycles. The highest BCUT2D eigenvalue weighted by molar-refractivity contribution is 5.93. The van der Waals surface area contributed by atoms with Crippen LogP contribution in [0.4, 0.5) is 0 Å². The number of carbonyl (C=O) groups is 1. The lowest BCUT2D eigenvalue weighted by Crippen LogP contribution is -2.23. The number of amides is 1. The molecule has 1 amide bonds. The second-order valence-corrected chi connectivity index (χ2v) is 5.95. The Labute approximate surface area is 145 Å². The van der Waals surface area contributed by atoms with Crippen LogP contribution < -0.4 is 5.32 Å². The number of rotatable bonds is 5. The number of benzene rings is 1. The Balaban J connectivity index is 1.75. The van der Waals surface area contributed by atoms with E-state index in [1.807, 2.05) is 45.2 Å². The minimum Gasteiger partial charge on any atom is -0.392 e. The number of aliphatic hydroxyl groups excluding tert-OH is 1. The van der Waals surface area contributed by atoms with E-state index < -0.39 is 0 Å². The third-order valence-corrected chi connectivity index (χ3v) is 4.32. The topological polar surface area (TPSA) is 95.8 Å². The van der Waals surface area contributed by atoms with E-state index in [2.05, 4.69) is 20.6 Å². The van der Waals surface area contributed by atoms with Gasteiger partial charge in [0, 0.05) is 24.8 Å². The second kappa shape index (κ2) is 6.90. The van der Waals surface area contributed by atoms with Crippen LogP contribution in [0.3, 0.4) is 0 Å². The molecule has 0 saturated heterocycles. The molecule has 0 aliphatic heterocycles. The molecule has 0 radical (unpaired) electrons. The van der Waals surface area contributed by atoms with Crippen LogP contribution in [-0.4, -0.2) is 31.0 Å². The molecule has 2 aromatic heterocycles. The highest BCUT2D eigenvalue weighted by atomic mass is 16.3. The van der Waals surface area contributed by atoms with Gasteiger partial charge in [-0.3, -0.25) is 14.6 Å². The quantitative estimate of drug-likeness (QED) is 0.661. The fraction of sp³-hybridized carbons (Fsp3) is 0.278. The van der Waals surface area contributed by atoms with Crippen LogP contribution in [0.25, 0.3) is 11.3 Å². The van der Waals surface area contributed by atoms with Crippen LogP contribution in [0.5, 0.6) is 0 Å². The number of aromatic nitrogens is 4. The summed E-state index contributed by atoms with van der Waals surface area (Å²) >= 11 is 0. The van der Waals surface area contributed by atoms with Crippen molar-refractivity contribution in [2.75, 3.05) is 0 Å². The van der Waals surface area contributed by atoms with E-state index in [1.165, 1.54) is 0 Å². The van der Waals surface area contributed by atoms with Gasteiger partial charge in [0.25, 0.3) is 5.91 Å². The number of aromatic amines is 1. The maximum Gasteiger partial charge on any atom is 0.269 e. The molecule has 0 spiro atoms. The van der Waals surface area contributed by atoms with Crippen LogP contribution in [0.15, 0.2) is 30.3 Å². The standard InChI is InChI=1S/C18H21N5O2/c1-11-17(12(2)23(3)22-11)15-8-16(21-20-15)18(25)19-9-13-6-4-5-7-14(13)10-24/h4-8,24H,9-10H2,1-3H3,(H,19,25)(H,20,21). The van der Waals surface area contributed by atoms with Crippen molar-refractivity contribution < 1.29 is 9.90 Å². The summed E-state index contributed by atoms with van der Waals surface area (Å²) in [7, 11) is 1.88. The lowest BCUT2D eigenvalue weighted by atomic mass is 10.1. The Kier molecular flexibility index (Phi) is 4.67. The molecule has 3 N–H and O–H groups in total. The molecule has 0 atom stereocenters. The SMILES string of the molecule is Cc1nn(C)c(C)c1-c1cc(C(=O)NCc2ccccc2CO)[nH]n1. The maximum atomic E-state index is 12.4. The number of nitrogens with one attached hydrogen (secondary N) is 2. The fourth-order valence-corrected chi connectivity index (χ4v) is 2.87. The van der Waals surface area contributed by atoms with Gasteiger partial charge in [0.15, 0.2) is 0 Å². The van der Waals surface area contributed by atoms with Crippen LogP contribution in [0, 0.1) is 13.8 Å². The smallest absolute Gasteiger partial charge is 0.269 e. The third kappa shape index (κ3) is 3.32. The van der Waals surface area contributed by atoms with Gasteiger partial charge in [0.05, 0.1) is 18.0 Å². The molecule has 2 heterocycles. The lowest BCUT2D eigenvalue weighted by molar-refractivity contribution is 0.0945. The van der Waals surface area contributed by atoms with E-state index in [9.17, 15) is 9.90 Å². The van der Waals surface area contributed by atoms with E-state index in [4.69, 9.17) is 0 Å². The van der Waals surface area contributed by atoms with E-state index in [0.29, 0.717) is 17.9 Å². The first kappa shape index (κ1) is 16.9. The van der Waals surface area contributed by atoms with Gasteiger partial charge in [-0.25, -0.2) is 0 Å². The van der Waals surface area contributed by atoms with Crippen molar-refractivity contribution in [3.8, 4) is 11.3 Å². The molecule has 3 rings (SSSR count). The Morgan fingerprint density at radius 2 is 2.00 bits per heavy atom. The summed E-state index contributed by atoms with van der Waals surface area (Å²) in [4.78, 5) is 12.4. The zero-order valence-electron chi connectivity index (χ0n) is 14.5. The normalized spacial score (nSPS) is 10.9. The largest absolute Gasteiger partial charge is 0.392 e. The molecule has 7 nitrogen and oxygen atoms in total. The summed E-state index contributed by atoms with van der Waals surface area (Å²) < 4.78 is 1.80. The molecular weight excluding hydrogens is 318 g/mol. The number of carbonyl (C=O) groups excluding carboxylic acids is 1. The minimum atomic E-state index is -0.245. The van der Waals surface area contributed by atoms with Gasteiger partial charge in [-0.2, -0.15) is 10.2 Å². The van der Waals surface area contributed by atoms with E-state index in [0.717, 1.165) is 28.1 Å². The summed E-state index contributed by atoms with van der Waals surface area (Å²) in [5.74, 6) is -0.245. The second-order valence-electron chi connectivity index (χ2n) is 5.95. The lowest BCUT2D eigenvalue weighted by Gasteiger charge is -2.08. The van der Waals surface area contributed by atoms with Crippen LogP contribution >= 0.6 is 0 Å². The Hall–Kier alpha value is -2.93. The van der Waals surface area contributed by atoms with Gasteiger partial charge in [-0.05, 0) is 31.0 Å². The predicted molar refractivity (Wildman–Crippen MR) is 93.8 cm³/mol. The van der Waals surface area contributed by atoms with Gasteiger partial charge in [0.1, 0.15) is 5.69 Å². The summed E-state index contributed by atoms with van der Waals surface area (Å²) in [6.45, 7) is 4.17. The van der Waals surface area contributed by atoms with Gasteiger partial charge < -0.3 is 10.4 Å². The molecule has 0 aliphatic carbocycles. The average Bonchev–Trinajstić information content (AvgIpc) is 3.18. The first-order chi connectivity index (χ1) is 12.0. The van der Waals surface area contributed by atoms with Crippen molar-refractivity contribution >= 4 is 5.91 Å². The predicted octanol–water partition coefficient (Wildman–Crippen LogP) is 1.85. The number of H-pyrrole nitrogens is 1. The van der Waals surface area contributed by atoms with Crippen molar-refractivity contribution in [3.05, 3.63) is 58.5 Å². The number of hydrogen-bond donors (Lipinski definition) is 3. The first-order valence-corrected chi connectivity index (χ1v) is 8.03. The van der Waals surface area contributed by atoms with E-state index in [-0.39, 0.29) is 12.5 Å². The molecule has 3 aromatic rings. The summed E-state index contributed by atoms with van der Waals surface area (Å²) in [6, 6.07) is 9.18. The molecule has 0 fully saturated rings. The van der Waals surface area contributed by atoms with Crippen LogP contribution in [-0.2, 0) is 20.2 Å². The number of nitrogens with zero attached hydrogens (tertiary/aromatic N) is 3. The molecule has 7 heteroatoms. The zero-order chi connectivity index (χ0) is 18.0. The molecule has 0 bridgehead atoms. The van der Waals surface area contributed by atoms with Crippen molar-refractivity contribution in [2.45, 2.75) is 27.0 Å². The van der Waals surface area contributed by atoms with Crippen molar-refractivity contribution in [1.29, 1.82) is 0 Å². The highest BCUT2D eigenvalue weighted by Gasteiger charge is 2.17. The fourth-order valence-electron chi connectivity index (χ4n) is 2.87. The van der Waals surface area contributed by atoms with Crippen molar-refractivity contribution in [1.82, 2.24) is 25.3 Å². The zero-order valence-corrected chi connectivity index (χ0v) is 14.5. The summed E-state index contributed by atoms with van der Waals surface area (Å²) in [6.07, 6.45) is 0. The van der Waals surface area contributed by atoms with Gasteiger partial charge in [-0.15, -0.1) is 0 Å². The molecule has 0 unspecified atom stereocenters. The Morgan fingerprint density at radius 3 is 2.64 bits per heavy atom. The van der Waals surface area contributed by atoms with Crippen molar-refractivity contribution in [2.24, 2.45) is 7.05 Å². The van der Waals surface area contributed by atoms with Crippen LogP contribution in [0.1, 0.15) is 33.0 Å². The van der Waals surface area contributed by atoms with Gasteiger partial charge in [0.2, 0.25) is 0 Å². The molecule has 130 valence electrons.